The van der Waals surface area contributed by atoms with Crippen molar-refractivity contribution in [3.8, 4) is 0 Å². The Labute approximate surface area is 262 Å². The van der Waals surface area contributed by atoms with Crippen LogP contribution in [0.4, 0.5) is 37.7 Å². The molecule has 1 aliphatic rings. The van der Waals surface area contributed by atoms with Gasteiger partial charge in [0.05, 0.1) is 11.5 Å². The number of hydrogen-bond donors (Lipinski definition) is 0. The Morgan fingerprint density at radius 1 is 0.891 bits per heavy atom. The lowest BCUT2D eigenvalue weighted by atomic mass is 9.88. The number of nitro groups is 1. The lowest BCUT2D eigenvalue weighted by Crippen LogP contribution is -2.58. The van der Waals surface area contributed by atoms with E-state index in [9.17, 15) is 44.9 Å². The zero-order valence-electron chi connectivity index (χ0n) is 25.2. The van der Waals surface area contributed by atoms with Crippen molar-refractivity contribution in [2.24, 2.45) is 0 Å². The number of anilines is 1. The van der Waals surface area contributed by atoms with E-state index in [0.29, 0.717) is 12.1 Å². The number of sulfonamides is 1. The van der Waals surface area contributed by atoms with E-state index in [2.05, 4.69) is 0 Å². The van der Waals surface area contributed by atoms with Crippen LogP contribution in [0.5, 0.6) is 0 Å². The highest BCUT2D eigenvalue weighted by Gasteiger charge is 2.73. The zero-order valence-corrected chi connectivity index (χ0v) is 26.0. The predicted molar refractivity (Wildman–Crippen MR) is 159 cm³/mol. The highest BCUT2D eigenvalue weighted by Crippen LogP contribution is 2.54. The predicted octanol–water partition coefficient (Wildman–Crippen LogP) is 7.37. The van der Waals surface area contributed by atoms with E-state index in [1.54, 1.807) is 31.7 Å². The van der Waals surface area contributed by atoms with Crippen LogP contribution in [-0.2, 0) is 33.4 Å². The first-order valence-corrected chi connectivity index (χ1v) is 15.9. The minimum absolute atomic E-state index is 0.0191. The first-order chi connectivity index (χ1) is 21.5. The first-order valence-electron chi connectivity index (χ1n) is 14.4. The Hall–Kier alpha value is -3.69. The third-order valence-electron chi connectivity index (χ3n) is 7.99. The molecule has 1 saturated heterocycles. The zero-order chi connectivity index (χ0) is 34.1. The molecule has 0 saturated carbocycles. The lowest BCUT2D eigenvalue weighted by molar-refractivity contribution is -0.392. The van der Waals surface area contributed by atoms with Gasteiger partial charge >= 0.3 is 12.4 Å². The molecule has 0 unspecified atom stereocenters. The van der Waals surface area contributed by atoms with Gasteiger partial charge in [-0.25, -0.2) is 8.42 Å². The fourth-order valence-electron chi connectivity index (χ4n) is 5.77. The normalized spacial score (nSPS) is 18.5. The largest absolute Gasteiger partial charge is 0.430 e. The van der Waals surface area contributed by atoms with E-state index in [0.717, 1.165) is 28.6 Å². The number of rotatable bonds is 10. The van der Waals surface area contributed by atoms with Crippen LogP contribution in [0.2, 0.25) is 0 Å². The van der Waals surface area contributed by atoms with Gasteiger partial charge in [-0.05, 0) is 43.5 Å². The van der Waals surface area contributed by atoms with Crippen LogP contribution < -0.4 is 4.90 Å². The Bertz CT molecular complexity index is 1640. The standard InChI is InChI=1S/C31H33F6N3O5S/c1-4-10-24-17-25(29(30(32,33)34,31(35,36)37)45-20-23-11-6-5-7-12-23)15-16-26(24)38-18-22(3)39(19-21(38)2)46(43,44)28-14-9-8-13-27(28)40(41)42/h5-9,11-17,21-22H,4,10,18-20H2,1-3H3/t21-,22+/m1/s1. The average Bonchev–Trinajstić information content (AvgIpc) is 2.98. The van der Waals surface area contributed by atoms with Crippen LogP contribution in [0.3, 0.4) is 0 Å². The summed E-state index contributed by atoms with van der Waals surface area (Å²) < 4.78 is 120. The van der Waals surface area contributed by atoms with Crippen molar-refractivity contribution in [2.75, 3.05) is 18.0 Å². The molecule has 1 aliphatic heterocycles. The molecule has 3 aromatic carbocycles. The molecule has 8 nitrogen and oxygen atoms in total. The molecule has 4 rings (SSSR count). The van der Waals surface area contributed by atoms with Gasteiger partial charge in [0, 0.05) is 42.5 Å². The van der Waals surface area contributed by atoms with E-state index >= 15 is 0 Å². The van der Waals surface area contributed by atoms with Crippen molar-refractivity contribution in [1.29, 1.82) is 0 Å². The van der Waals surface area contributed by atoms with Gasteiger partial charge in [0.1, 0.15) is 0 Å². The topological polar surface area (TPSA) is 93.0 Å². The number of alkyl halides is 6. The number of halogens is 6. The fourth-order valence-corrected chi connectivity index (χ4v) is 7.64. The Morgan fingerprint density at radius 2 is 1.50 bits per heavy atom. The SMILES string of the molecule is CCCc1cc(C(OCc2ccccc2)(C(F)(F)F)C(F)(F)F)ccc1N1C[C@H](C)N(S(=O)(=O)c2ccccc2[N+](=O)[O-])C[C@H]1C. The summed E-state index contributed by atoms with van der Waals surface area (Å²) in [5.41, 5.74) is -5.63. The number of ether oxygens (including phenoxy) is 1. The van der Waals surface area contributed by atoms with Crippen LogP contribution in [0, 0.1) is 10.1 Å². The number of hydrogen-bond acceptors (Lipinski definition) is 6. The molecule has 46 heavy (non-hydrogen) atoms. The molecule has 0 aliphatic carbocycles. The molecule has 1 heterocycles. The second kappa shape index (κ2) is 13.2. The highest BCUT2D eigenvalue weighted by atomic mass is 32.2. The summed E-state index contributed by atoms with van der Waals surface area (Å²) in [6.45, 7) is 3.90. The number of nitrogens with zero attached hydrogens (tertiary/aromatic N) is 3. The molecular formula is C31H33F6N3O5S. The molecule has 1 fully saturated rings. The molecule has 0 spiro atoms. The van der Waals surface area contributed by atoms with Crippen LogP contribution >= 0.6 is 0 Å². The molecule has 0 amide bonds. The van der Waals surface area contributed by atoms with E-state index in [1.165, 1.54) is 42.5 Å². The van der Waals surface area contributed by atoms with Crippen molar-refractivity contribution in [2.45, 2.75) is 75.2 Å². The van der Waals surface area contributed by atoms with E-state index in [4.69, 9.17) is 4.74 Å². The van der Waals surface area contributed by atoms with Gasteiger partial charge in [-0.3, -0.25) is 10.1 Å². The van der Waals surface area contributed by atoms with Gasteiger partial charge in [0.15, 0.2) is 4.90 Å². The van der Waals surface area contributed by atoms with Crippen LogP contribution in [-0.4, -0.2) is 55.2 Å². The van der Waals surface area contributed by atoms with Crippen LogP contribution in [0.1, 0.15) is 43.9 Å². The van der Waals surface area contributed by atoms with E-state index in [-0.39, 0.29) is 30.6 Å². The van der Waals surface area contributed by atoms with Crippen molar-refractivity contribution in [1.82, 2.24) is 4.31 Å². The number of nitro benzene ring substituents is 1. The maximum atomic E-state index is 14.6. The van der Waals surface area contributed by atoms with Crippen molar-refractivity contribution >= 4 is 21.4 Å². The summed E-state index contributed by atoms with van der Waals surface area (Å²) in [5, 5.41) is 11.5. The molecule has 2 atom stereocenters. The van der Waals surface area contributed by atoms with Crippen molar-refractivity contribution < 1.29 is 44.4 Å². The average molecular weight is 674 g/mol. The number of aryl methyl sites for hydroxylation is 1. The lowest BCUT2D eigenvalue weighted by Gasteiger charge is -2.45. The summed E-state index contributed by atoms with van der Waals surface area (Å²) in [6.07, 6.45) is -11.2. The molecule has 0 aromatic heterocycles. The molecule has 15 heteroatoms. The Kier molecular flexibility index (Phi) is 10.1. The summed E-state index contributed by atoms with van der Waals surface area (Å²) in [4.78, 5) is 12.0. The second-order valence-electron chi connectivity index (χ2n) is 11.2. The maximum Gasteiger partial charge on any atom is 0.430 e. The third-order valence-corrected chi connectivity index (χ3v) is 10.0. The van der Waals surface area contributed by atoms with Gasteiger partial charge in [0.2, 0.25) is 10.0 Å². The van der Waals surface area contributed by atoms with E-state index < -0.39 is 67.7 Å². The smallest absolute Gasteiger partial charge is 0.366 e. The van der Waals surface area contributed by atoms with Gasteiger partial charge in [-0.2, -0.15) is 30.6 Å². The minimum atomic E-state index is -5.87. The van der Waals surface area contributed by atoms with Crippen LogP contribution in [0.25, 0.3) is 0 Å². The molecule has 3 aromatic rings. The number of piperazine rings is 1. The van der Waals surface area contributed by atoms with Crippen molar-refractivity contribution in [3.05, 3.63) is 99.6 Å². The van der Waals surface area contributed by atoms with Gasteiger partial charge < -0.3 is 9.64 Å². The maximum absolute atomic E-state index is 14.6. The summed E-state index contributed by atoms with van der Waals surface area (Å²) >= 11 is 0. The molecule has 0 N–H and O–H groups in total. The molecule has 250 valence electrons. The summed E-state index contributed by atoms with van der Waals surface area (Å²) in [7, 11) is -4.34. The van der Waals surface area contributed by atoms with Crippen LogP contribution in [0.15, 0.2) is 77.7 Å². The quantitative estimate of drug-likeness (QED) is 0.127. The van der Waals surface area contributed by atoms with Gasteiger partial charge in [-0.15, -0.1) is 0 Å². The Balaban J connectivity index is 1.73. The molecule has 0 radical (unpaired) electrons. The summed E-state index contributed by atoms with van der Waals surface area (Å²) in [6, 6.07) is 13.7. The van der Waals surface area contributed by atoms with Crippen molar-refractivity contribution in [3.63, 3.8) is 0 Å². The monoisotopic (exact) mass is 673 g/mol. The molecular weight excluding hydrogens is 640 g/mol. The van der Waals surface area contributed by atoms with Gasteiger partial charge in [0.25, 0.3) is 11.3 Å². The third kappa shape index (κ3) is 6.58. The van der Waals surface area contributed by atoms with E-state index in [1.807, 2.05) is 0 Å². The minimum Gasteiger partial charge on any atom is -0.366 e. The highest BCUT2D eigenvalue weighted by molar-refractivity contribution is 7.89. The second-order valence-corrected chi connectivity index (χ2v) is 13.1. The number of benzene rings is 3. The number of para-hydroxylation sites is 1. The first kappa shape index (κ1) is 35.2. The molecule has 0 bridgehead atoms. The fraction of sp³-hybridized carbons (Fsp3) is 0.419. The summed E-state index contributed by atoms with van der Waals surface area (Å²) in [5.74, 6) is 0. The van der Waals surface area contributed by atoms with Gasteiger partial charge in [-0.1, -0.05) is 67.9 Å². The Morgan fingerprint density at radius 3 is 2.09 bits per heavy atom.